The maximum atomic E-state index is 12.7. The second-order valence-corrected chi connectivity index (χ2v) is 9.23. The van der Waals surface area contributed by atoms with Gasteiger partial charge in [-0.1, -0.05) is 43.7 Å². The Hall–Kier alpha value is -2.12. The number of nitrogens with zero attached hydrogens (tertiary/aromatic N) is 1. The van der Waals surface area contributed by atoms with Gasteiger partial charge >= 0.3 is 4.87 Å². The van der Waals surface area contributed by atoms with Crippen molar-refractivity contribution in [2.75, 3.05) is 4.72 Å². The van der Waals surface area contributed by atoms with Crippen LogP contribution in [0.4, 0.5) is 5.69 Å². The van der Waals surface area contributed by atoms with Crippen molar-refractivity contribution in [2.24, 2.45) is 0 Å². The van der Waals surface area contributed by atoms with Crippen molar-refractivity contribution in [1.29, 1.82) is 0 Å². The standard InChI is InChI=1S/C20H24N2O3S2/c1-3-5-6-15-7-9-16(10-8-15)21-27(24,25)17-11-12-18-19(14-17)26-20(23)22(18)13-4-2/h7-12,14,21H,3-6,13H2,1-2H3. The monoisotopic (exact) mass is 404 g/mol. The molecule has 0 saturated carbocycles. The number of hydrogen-bond donors (Lipinski definition) is 1. The molecule has 7 heteroatoms. The fraction of sp³-hybridized carbons (Fsp3) is 0.350. The molecule has 1 heterocycles. The summed E-state index contributed by atoms with van der Waals surface area (Å²) >= 11 is 1.08. The van der Waals surface area contributed by atoms with Crippen LogP contribution in [0.5, 0.6) is 0 Å². The first-order valence-corrected chi connectivity index (χ1v) is 11.5. The summed E-state index contributed by atoms with van der Waals surface area (Å²) in [5, 5.41) is 0. The summed E-state index contributed by atoms with van der Waals surface area (Å²) in [7, 11) is -3.71. The number of sulfonamides is 1. The van der Waals surface area contributed by atoms with E-state index in [4.69, 9.17) is 0 Å². The Morgan fingerprint density at radius 2 is 1.78 bits per heavy atom. The van der Waals surface area contributed by atoms with Crippen LogP contribution in [0.1, 0.15) is 38.7 Å². The topological polar surface area (TPSA) is 68.2 Å². The van der Waals surface area contributed by atoms with E-state index in [0.717, 1.165) is 42.5 Å². The molecule has 2 aromatic carbocycles. The van der Waals surface area contributed by atoms with Crippen molar-refractivity contribution >= 4 is 37.3 Å². The number of anilines is 1. The number of benzene rings is 2. The molecule has 0 aliphatic carbocycles. The number of hydrogen-bond acceptors (Lipinski definition) is 4. The van der Waals surface area contributed by atoms with Crippen molar-refractivity contribution < 1.29 is 8.42 Å². The molecular formula is C20H24N2O3S2. The van der Waals surface area contributed by atoms with E-state index in [1.54, 1.807) is 34.9 Å². The Morgan fingerprint density at radius 1 is 1.04 bits per heavy atom. The lowest BCUT2D eigenvalue weighted by Gasteiger charge is -2.09. The fourth-order valence-electron chi connectivity index (χ4n) is 2.98. The number of nitrogens with one attached hydrogen (secondary N) is 1. The number of aromatic nitrogens is 1. The van der Waals surface area contributed by atoms with Crippen LogP contribution >= 0.6 is 11.3 Å². The van der Waals surface area contributed by atoms with E-state index < -0.39 is 10.0 Å². The average molecular weight is 405 g/mol. The zero-order chi connectivity index (χ0) is 19.4. The Kier molecular flexibility index (Phi) is 6.01. The lowest BCUT2D eigenvalue weighted by Crippen LogP contribution is -2.13. The number of rotatable bonds is 8. The lowest BCUT2D eigenvalue weighted by atomic mass is 10.1. The molecule has 0 amide bonds. The minimum absolute atomic E-state index is 0.0583. The molecular weight excluding hydrogens is 380 g/mol. The van der Waals surface area contributed by atoms with Gasteiger partial charge in [-0.25, -0.2) is 8.42 Å². The van der Waals surface area contributed by atoms with Crippen LogP contribution in [-0.4, -0.2) is 13.0 Å². The Morgan fingerprint density at radius 3 is 2.44 bits per heavy atom. The molecule has 0 saturated heterocycles. The van der Waals surface area contributed by atoms with E-state index >= 15 is 0 Å². The SMILES string of the molecule is CCCCc1ccc(NS(=O)(=O)c2ccc3c(c2)sc(=O)n3CCC)cc1. The van der Waals surface area contributed by atoms with Gasteiger partial charge in [-0.2, -0.15) is 0 Å². The van der Waals surface area contributed by atoms with Crippen LogP contribution in [0, 0.1) is 0 Å². The van der Waals surface area contributed by atoms with Crippen LogP contribution in [0.3, 0.4) is 0 Å². The Balaban J connectivity index is 1.85. The second-order valence-electron chi connectivity index (χ2n) is 6.56. The molecule has 27 heavy (non-hydrogen) atoms. The van der Waals surface area contributed by atoms with Crippen LogP contribution < -0.4 is 9.60 Å². The molecule has 0 fully saturated rings. The zero-order valence-electron chi connectivity index (χ0n) is 15.6. The van der Waals surface area contributed by atoms with Crippen LogP contribution in [0.25, 0.3) is 10.2 Å². The number of fused-ring (bicyclic) bond motifs is 1. The predicted octanol–water partition coefficient (Wildman–Crippen LogP) is 4.62. The van der Waals surface area contributed by atoms with Crippen molar-refractivity contribution in [2.45, 2.75) is 51.0 Å². The molecule has 144 valence electrons. The molecule has 0 unspecified atom stereocenters. The molecule has 0 atom stereocenters. The van der Waals surface area contributed by atoms with Crippen LogP contribution in [0.2, 0.25) is 0 Å². The first kappa shape index (κ1) is 19.6. The van der Waals surface area contributed by atoms with Gasteiger partial charge in [0.05, 0.1) is 15.1 Å². The Labute approximate surface area is 163 Å². The lowest BCUT2D eigenvalue weighted by molar-refractivity contribution is 0.601. The highest BCUT2D eigenvalue weighted by Gasteiger charge is 2.17. The van der Waals surface area contributed by atoms with Gasteiger partial charge in [0.1, 0.15) is 0 Å². The predicted molar refractivity (Wildman–Crippen MR) is 112 cm³/mol. The molecule has 1 aromatic heterocycles. The molecule has 0 bridgehead atoms. The highest BCUT2D eigenvalue weighted by molar-refractivity contribution is 7.92. The second kappa shape index (κ2) is 8.27. The van der Waals surface area contributed by atoms with E-state index in [1.807, 2.05) is 19.1 Å². The normalized spacial score (nSPS) is 11.8. The van der Waals surface area contributed by atoms with E-state index in [0.29, 0.717) is 16.9 Å². The molecule has 0 radical (unpaired) electrons. The summed E-state index contributed by atoms with van der Waals surface area (Å²) in [6.07, 6.45) is 4.09. The minimum atomic E-state index is -3.71. The third-order valence-corrected chi connectivity index (χ3v) is 6.74. The Bertz CT molecular complexity index is 1080. The summed E-state index contributed by atoms with van der Waals surface area (Å²) < 4.78 is 30.5. The number of unbranched alkanes of at least 4 members (excludes halogenated alkanes) is 1. The van der Waals surface area contributed by atoms with Gasteiger partial charge in [0.15, 0.2) is 0 Å². The molecule has 3 rings (SSSR count). The van der Waals surface area contributed by atoms with Gasteiger partial charge in [0.25, 0.3) is 10.0 Å². The van der Waals surface area contributed by atoms with E-state index in [1.165, 1.54) is 5.56 Å². The average Bonchev–Trinajstić information content (AvgIpc) is 2.96. The van der Waals surface area contributed by atoms with E-state index in [2.05, 4.69) is 11.6 Å². The van der Waals surface area contributed by atoms with Crippen molar-refractivity contribution in [3.63, 3.8) is 0 Å². The maximum absolute atomic E-state index is 12.7. The van der Waals surface area contributed by atoms with Crippen molar-refractivity contribution in [1.82, 2.24) is 4.57 Å². The molecule has 0 spiro atoms. The molecule has 0 aliphatic rings. The summed E-state index contributed by atoms with van der Waals surface area (Å²) in [6.45, 7) is 4.78. The van der Waals surface area contributed by atoms with E-state index in [-0.39, 0.29) is 9.77 Å². The van der Waals surface area contributed by atoms with Crippen molar-refractivity contribution in [3.8, 4) is 0 Å². The van der Waals surface area contributed by atoms with E-state index in [9.17, 15) is 13.2 Å². The fourth-order valence-corrected chi connectivity index (χ4v) is 5.10. The number of thiazole rings is 1. The quantitative estimate of drug-likeness (QED) is 0.596. The van der Waals surface area contributed by atoms with Gasteiger partial charge in [0, 0.05) is 12.2 Å². The minimum Gasteiger partial charge on any atom is -0.299 e. The highest BCUT2D eigenvalue weighted by Crippen LogP contribution is 2.24. The van der Waals surface area contributed by atoms with Gasteiger partial charge in [-0.15, -0.1) is 0 Å². The highest BCUT2D eigenvalue weighted by atomic mass is 32.2. The molecule has 1 N–H and O–H groups in total. The first-order chi connectivity index (χ1) is 12.9. The number of aryl methyl sites for hydroxylation is 2. The molecule has 0 aliphatic heterocycles. The first-order valence-electron chi connectivity index (χ1n) is 9.19. The van der Waals surface area contributed by atoms with Gasteiger partial charge < -0.3 is 0 Å². The van der Waals surface area contributed by atoms with Crippen molar-refractivity contribution in [3.05, 3.63) is 57.7 Å². The summed E-state index contributed by atoms with van der Waals surface area (Å²) in [4.78, 5) is 12.2. The van der Waals surface area contributed by atoms with Crippen LogP contribution in [0.15, 0.2) is 52.2 Å². The summed E-state index contributed by atoms with van der Waals surface area (Å²) in [5.74, 6) is 0. The smallest absolute Gasteiger partial charge is 0.299 e. The van der Waals surface area contributed by atoms with Gasteiger partial charge in [0.2, 0.25) is 0 Å². The third-order valence-electron chi connectivity index (χ3n) is 4.42. The molecule has 3 aromatic rings. The largest absolute Gasteiger partial charge is 0.308 e. The summed E-state index contributed by atoms with van der Waals surface area (Å²) in [6, 6.07) is 12.3. The molecule has 5 nitrogen and oxygen atoms in total. The third kappa shape index (κ3) is 4.42. The summed E-state index contributed by atoms with van der Waals surface area (Å²) in [5.41, 5.74) is 2.52. The maximum Gasteiger partial charge on any atom is 0.308 e. The van der Waals surface area contributed by atoms with Gasteiger partial charge in [-0.3, -0.25) is 14.1 Å². The van der Waals surface area contributed by atoms with Crippen LogP contribution in [-0.2, 0) is 23.0 Å². The van der Waals surface area contributed by atoms with Gasteiger partial charge in [-0.05, 0) is 55.2 Å². The zero-order valence-corrected chi connectivity index (χ0v) is 17.2.